The first-order valence-electron chi connectivity index (χ1n) is 5.76. The van der Waals surface area contributed by atoms with Crippen molar-refractivity contribution in [2.24, 2.45) is 5.73 Å². The quantitative estimate of drug-likeness (QED) is 0.765. The second-order valence-corrected chi connectivity index (χ2v) is 4.23. The standard InChI is InChI=1S/C13H19NO/c1-10-8-13-12(5-7-15-13)9-11(10)4-2-3-6-14/h8-9H,2-7,14H2,1H3. The SMILES string of the molecule is Cc1cc2c(cc1CCCCN)CCO2. The van der Waals surface area contributed by atoms with Gasteiger partial charge in [0.25, 0.3) is 0 Å². The van der Waals surface area contributed by atoms with Gasteiger partial charge in [-0.15, -0.1) is 0 Å². The van der Waals surface area contributed by atoms with Gasteiger partial charge in [-0.05, 0) is 55.5 Å². The summed E-state index contributed by atoms with van der Waals surface area (Å²) >= 11 is 0. The molecule has 1 aromatic rings. The summed E-state index contributed by atoms with van der Waals surface area (Å²) in [6, 6.07) is 4.49. The van der Waals surface area contributed by atoms with E-state index in [0.29, 0.717) is 0 Å². The summed E-state index contributed by atoms with van der Waals surface area (Å²) in [7, 11) is 0. The van der Waals surface area contributed by atoms with E-state index < -0.39 is 0 Å². The monoisotopic (exact) mass is 205 g/mol. The zero-order valence-corrected chi connectivity index (χ0v) is 9.38. The molecule has 0 unspecified atom stereocenters. The lowest BCUT2D eigenvalue weighted by Gasteiger charge is -2.08. The van der Waals surface area contributed by atoms with Crippen molar-refractivity contribution in [1.29, 1.82) is 0 Å². The van der Waals surface area contributed by atoms with Gasteiger partial charge in [-0.1, -0.05) is 6.07 Å². The van der Waals surface area contributed by atoms with Gasteiger partial charge < -0.3 is 10.5 Å². The molecule has 1 aliphatic rings. The molecule has 0 aliphatic carbocycles. The Labute approximate surface area is 91.4 Å². The van der Waals surface area contributed by atoms with Gasteiger partial charge in [0.15, 0.2) is 0 Å². The third-order valence-corrected chi connectivity index (χ3v) is 3.05. The van der Waals surface area contributed by atoms with Crippen molar-refractivity contribution in [2.75, 3.05) is 13.2 Å². The highest BCUT2D eigenvalue weighted by Crippen LogP contribution is 2.29. The van der Waals surface area contributed by atoms with Crippen molar-refractivity contribution >= 4 is 0 Å². The minimum absolute atomic E-state index is 0.799. The van der Waals surface area contributed by atoms with Crippen molar-refractivity contribution in [2.45, 2.75) is 32.6 Å². The molecular weight excluding hydrogens is 186 g/mol. The molecule has 0 bridgehead atoms. The second kappa shape index (κ2) is 4.67. The van der Waals surface area contributed by atoms with Gasteiger partial charge in [0, 0.05) is 6.42 Å². The molecule has 0 radical (unpaired) electrons. The van der Waals surface area contributed by atoms with E-state index in [1.165, 1.54) is 23.1 Å². The lowest BCUT2D eigenvalue weighted by Crippen LogP contribution is -2.00. The van der Waals surface area contributed by atoms with E-state index in [1.54, 1.807) is 0 Å². The number of hydrogen-bond acceptors (Lipinski definition) is 2. The Morgan fingerprint density at radius 1 is 1.33 bits per heavy atom. The average Bonchev–Trinajstić information content (AvgIpc) is 2.65. The highest BCUT2D eigenvalue weighted by Gasteiger charge is 2.13. The van der Waals surface area contributed by atoms with E-state index in [2.05, 4.69) is 19.1 Å². The predicted octanol–water partition coefficient (Wildman–Crippen LogP) is 2.21. The number of benzene rings is 1. The number of fused-ring (bicyclic) bond motifs is 1. The average molecular weight is 205 g/mol. The van der Waals surface area contributed by atoms with Crippen LogP contribution >= 0.6 is 0 Å². The van der Waals surface area contributed by atoms with Crippen LogP contribution in [0.15, 0.2) is 12.1 Å². The molecule has 1 aliphatic heterocycles. The Kier molecular flexibility index (Phi) is 3.27. The molecule has 0 saturated carbocycles. The number of aryl methyl sites for hydroxylation is 2. The van der Waals surface area contributed by atoms with Gasteiger partial charge in [0.1, 0.15) is 5.75 Å². The number of rotatable bonds is 4. The minimum Gasteiger partial charge on any atom is -0.493 e. The molecule has 0 saturated heterocycles. The van der Waals surface area contributed by atoms with E-state index >= 15 is 0 Å². The third kappa shape index (κ3) is 2.32. The van der Waals surface area contributed by atoms with Crippen LogP contribution < -0.4 is 10.5 Å². The Hall–Kier alpha value is -1.02. The van der Waals surface area contributed by atoms with Crippen molar-refractivity contribution in [3.05, 3.63) is 28.8 Å². The smallest absolute Gasteiger partial charge is 0.122 e. The zero-order valence-electron chi connectivity index (χ0n) is 9.38. The van der Waals surface area contributed by atoms with Gasteiger partial charge in [0.05, 0.1) is 6.61 Å². The summed E-state index contributed by atoms with van der Waals surface area (Å²) in [4.78, 5) is 0. The Morgan fingerprint density at radius 2 is 2.20 bits per heavy atom. The molecule has 2 rings (SSSR count). The van der Waals surface area contributed by atoms with E-state index in [0.717, 1.165) is 38.2 Å². The Bertz CT molecular complexity index is 347. The highest BCUT2D eigenvalue weighted by atomic mass is 16.5. The second-order valence-electron chi connectivity index (χ2n) is 4.23. The maximum Gasteiger partial charge on any atom is 0.122 e. The maximum absolute atomic E-state index is 5.54. The van der Waals surface area contributed by atoms with Gasteiger partial charge in [-0.2, -0.15) is 0 Å². The summed E-state index contributed by atoms with van der Waals surface area (Å²) in [6.07, 6.45) is 4.53. The Morgan fingerprint density at radius 3 is 3.00 bits per heavy atom. The molecule has 1 aromatic carbocycles. The van der Waals surface area contributed by atoms with Crippen molar-refractivity contribution in [3.63, 3.8) is 0 Å². The normalized spacial score (nSPS) is 13.7. The van der Waals surface area contributed by atoms with Crippen molar-refractivity contribution in [3.8, 4) is 5.75 Å². The predicted molar refractivity (Wildman–Crippen MR) is 62.4 cm³/mol. The topological polar surface area (TPSA) is 35.2 Å². The van der Waals surface area contributed by atoms with Crippen LogP contribution in [-0.4, -0.2) is 13.2 Å². The third-order valence-electron chi connectivity index (χ3n) is 3.05. The van der Waals surface area contributed by atoms with Crippen LogP contribution in [-0.2, 0) is 12.8 Å². The molecule has 0 spiro atoms. The number of nitrogens with two attached hydrogens (primary N) is 1. The highest BCUT2D eigenvalue weighted by molar-refractivity contribution is 5.44. The zero-order chi connectivity index (χ0) is 10.7. The van der Waals surface area contributed by atoms with Crippen LogP contribution in [0.2, 0.25) is 0 Å². The van der Waals surface area contributed by atoms with Gasteiger partial charge >= 0.3 is 0 Å². The van der Waals surface area contributed by atoms with E-state index in [4.69, 9.17) is 10.5 Å². The molecule has 2 heteroatoms. The lowest BCUT2D eigenvalue weighted by atomic mass is 9.99. The van der Waals surface area contributed by atoms with Gasteiger partial charge in [-0.3, -0.25) is 0 Å². The minimum atomic E-state index is 0.799. The molecule has 0 aromatic heterocycles. The largest absolute Gasteiger partial charge is 0.493 e. The van der Waals surface area contributed by atoms with Crippen LogP contribution in [0, 0.1) is 6.92 Å². The number of ether oxygens (including phenoxy) is 1. The van der Waals surface area contributed by atoms with Crippen molar-refractivity contribution in [1.82, 2.24) is 0 Å². The van der Waals surface area contributed by atoms with Crippen LogP contribution in [0.5, 0.6) is 5.75 Å². The van der Waals surface area contributed by atoms with Crippen LogP contribution in [0.1, 0.15) is 29.5 Å². The first kappa shape index (κ1) is 10.5. The summed E-state index contributed by atoms with van der Waals surface area (Å²) in [6.45, 7) is 3.81. The van der Waals surface area contributed by atoms with Crippen LogP contribution in [0.25, 0.3) is 0 Å². The van der Waals surface area contributed by atoms with Crippen LogP contribution in [0.3, 0.4) is 0 Å². The van der Waals surface area contributed by atoms with E-state index in [1.807, 2.05) is 0 Å². The first-order valence-corrected chi connectivity index (χ1v) is 5.76. The molecule has 82 valence electrons. The Balaban J connectivity index is 2.10. The number of hydrogen-bond donors (Lipinski definition) is 1. The first-order chi connectivity index (χ1) is 7.31. The molecule has 0 fully saturated rings. The van der Waals surface area contributed by atoms with E-state index in [9.17, 15) is 0 Å². The summed E-state index contributed by atoms with van der Waals surface area (Å²) in [5.74, 6) is 1.09. The molecule has 2 N–H and O–H groups in total. The fourth-order valence-corrected chi connectivity index (χ4v) is 2.11. The summed E-state index contributed by atoms with van der Waals surface area (Å²) in [5, 5.41) is 0. The lowest BCUT2D eigenvalue weighted by molar-refractivity contribution is 0.356. The summed E-state index contributed by atoms with van der Waals surface area (Å²) < 4.78 is 5.54. The fourth-order valence-electron chi connectivity index (χ4n) is 2.11. The number of unbranched alkanes of at least 4 members (excludes halogenated alkanes) is 1. The summed E-state index contributed by atoms with van der Waals surface area (Å²) in [5.41, 5.74) is 9.70. The molecule has 1 heterocycles. The molecular formula is C13H19NO. The molecule has 15 heavy (non-hydrogen) atoms. The fraction of sp³-hybridized carbons (Fsp3) is 0.538. The molecule has 0 amide bonds. The van der Waals surface area contributed by atoms with Crippen LogP contribution in [0.4, 0.5) is 0 Å². The maximum atomic E-state index is 5.54. The van der Waals surface area contributed by atoms with Gasteiger partial charge in [-0.25, -0.2) is 0 Å². The molecule has 0 atom stereocenters. The van der Waals surface area contributed by atoms with Gasteiger partial charge in [0.2, 0.25) is 0 Å². The van der Waals surface area contributed by atoms with Crippen molar-refractivity contribution < 1.29 is 4.74 Å². The molecule has 2 nitrogen and oxygen atoms in total. The van der Waals surface area contributed by atoms with E-state index in [-0.39, 0.29) is 0 Å².